The van der Waals surface area contributed by atoms with E-state index in [1.165, 1.54) is 7.11 Å². The number of para-hydroxylation sites is 1. The second kappa shape index (κ2) is 5.81. The fourth-order valence-electron chi connectivity index (χ4n) is 1.48. The fraction of sp³-hybridized carbons (Fsp3) is 0.154. The van der Waals surface area contributed by atoms with Crippen LogP contribution in [0.4, 0.5) is 0 Å². The summed E-state index contributed by atoms with van der Waals surface area (Å²) in [6, 6.07) is 11.0. The van der Waals surface area contributed by atoms with E-state index < -0.39 is 11.9 Å². The van der Waals surface area contributed by atoms with Gasteiger partial charge in [0.1, 0.15) is 6.54 Å². The number of hydrogen-bond donors (Lipinski definition) is 1. The number of esters is 1. The number of carbonyl (C=O) groups excluding carboxylic acids is 2. The normalized spacial score (nSPS) is 9.95. The number of carbonyl (C=O) groups is 2. The molecule has 1 N–H and O–H groups in total. The monoisotopic (exact) mass is 259 g/mol. The fourth-order valence-corrected chi connectivity index (χ4v) is 1.48. The Labute approximate surface area is 110 Å². The number of hydrogen-bond acceptors (Lipinski definition) is 4. The van der Waals surface area contributed by atoms with E-state index in [2.05, 4.69) is 15.2 Å². The third-order valence-electron chi connectivity index (χ3n) is 2.46. The van der Waals surface area contributed by atoms with Gasteiger partial charge in [0.05, 0.1) is 12.8 Å². The summed E-state index contributed by atoms with van der Waals surface area (Å²) in [6.07, 6.45) is 1.68. The van der Waals surface area contributed by atoms with Crippen molar-refractivity contribution < 1.29 is 14.3 Å². The second-order valence-electron chi connectivity index (χ2n) is 3.74. The number of ether oxygens (including phenoxy) is 1. The zero-order valence-corrected chi connectivity index (χ0v) is 10.4. The summed E-state index contributed by atoms with van der Waals surface area (Å²) in [5, 5.41) is 6.56. The van der Waals surface area contributed by atoms with E-state index in [0.717, 1.165) is 5.69 Å². The lowest BCUT2D eigenvalue weighted by atomic mass is 10.3. The predicted molar refractivity (Wildman–Crippen MR) is 67.9 cm³/mol. The molecule has 1 aromatic heterocycles. The van der Waals surface area contributed by atoms with Crippen LogP contribution in [-0.2, 0) is 9.53 Å². The number of aromatic nitrogens is 2. The minimum absolute atomic E-state index is 0.173. The summed E-state index contributed by atoms with van der Waals surface area (Å²) >= 11 is 0. The zero-order valence-electron chi connectivity index (χ0n) is 10.4. The molecule has 0 aliphatic heterocycles. The van der Waals surface area contributed by atoms with Crippen molar-refractivity contribution in [3.8, 4) is 5.69 Å². The molecule has 0 spiro atoms. The molecule has 1 heterocycles. The van der Waals surface area contributed by atoms with Gasteiger partial charge in [0.15, 0.2) is 5.69 Å². The Morgan fingerprint density at radius 1 is 1.26 bits per heavy atom. The highest BCUT2D eigenvalue weighted by Gasteiger charge is 2.11. The molecule has 1 aromatic carbocycles. The number of nitrogens with one attached hydrogen (secondary N) is 1. The maximum Gasteiger partial charge on any atom is 0.325 e. The van der Waals surface area contributed by atoms with E-state index in [0.29, 0.717) is 0 Å². The standard InChI is InChI=1S/C13H13N3O3/c1-19-12(17)9-14-13(18)11-7-8-16(15-11)10-5-3-2-4-6-10/h2-8H,9H2,1H3,(H,14,18). The molecule has 0 saturated heterocycles. The summed E-state index contributed by atoms with van der Waals surface area (Å²) < 4.78 is 6.02. The summed E-state index contributed by atoms with van der Waals surface area (Å²) in [4.78, 5) is 22.6. The van der Waals surface area contributed by atoms with E-state index in [1.807, 2.05) is 30.3 Å². The quantitative estimate of drug-likeness (QED) is 0.823. The topological polar surface area (TPSA) is 73.2 Å². The van der Waals surface area contributed by atoms with Gasteiger partial charge >= 0.3 is 5.97 Å². The van der Waals surface area contributed by atoms with Crippen LogP contribution >= 0.6 is 0 Å². The van der Waals surface area contributed by atoms with E-state index in [1.54, 1.807) is 16.9 Å². The van der Waals surface area contributed by atoms with Gasteiger partial charge in [-0.1, -0.05) is 18.2 Å². The minimum atomic E-state index is -0.504. The third-order valence-corrected chi connectivity index (χ3v) is 2.46. The van der Waals surface area contributed by atoms with Crippen LogP contribution in [0.1, 0.15) is 10.5 Å². The largest absolute Gasteiger partial charge is 0.468 e. The SMILES string of the molecule is COC(=O)CNC(=O)c1ccn(-c2ccccc2)n1. The number of benzene rings is 1. The molecule has 1 amide bonds. The Hall–Kier alpha value is -2.63. The number of rotatable bonds is 4. The van der Waals surface area contributed by atoms with Gasteiger partial charge in [-0.15, -0.1) is 0 Å². The molecule has 0 unspecified atom stereocenters. The van der Waals surface area contributed by atoms with Crippen molar-refractivity contribution in [2.75, 3.05) is 13.7 Å². The number of nitrogens with zero attached hydrogens (tertiary/aromatic N) is 2. The van der Waals surface area contributed by atoms with Crippen LogP contribution in [0.3, 0.4) is 0 Å². The minimum Gasteiger partial charge on any atom is -0.468 e. The first kappa shape index (κ1) is 12.8. The van der Waals surface area contributed by atoms with E-state index in [9.17, 15) is 9.59 Å². The molecule has 0 radical (unpaired) electrons. The third kappa shape index (κ3) is 3.19. The van der Waals surface area contributed by atoms with Crippen molar-refractivity contribution in [2.24, 2.45) is 0 Å². The van der Waals surface area contributed by atoms with Gasteiger partial charge in [0.25, 0.3) is 5.91 Å². The molecule has 0 saturated carbocycles. The molecule has 0 aliphatic carbocycles. The average molecular weight is 259 g/mol. The molecule has 0 fully saturated rings. The lowest BCUT2D eigenvalue weighted by Gasteiger charge is -2.01. The van der Waals surface area contributed by atoms with Crippen molar-refractivity contribution in [3.63, 3.8) is 0 Å². The molecule has 2 aromatic rings. The van der Waals surface area contributed by atoms with Crippen molar-refractivity contribution in [3.05, 3.63) is 48.3 Å². The van der Waals surface area contributed by atoms with Crippen molar-refractivity contribution in [1.29, 1.82) is 0 Å². The number of methoxy groups -OCH3 is 1. The molecular formula is C13H13N3O3. The Morgan fingerprint density at radius 3 is 2.68 bits per heavy atom. The van der Waals surface area contributed by atoms with Crippen molar-refractivity contribution in [2.45, 2.75) is 0 Å². The second-order valence-corrected chi connectivity index (χ2v) is 3.74. The smallest absolute Gasteiger partial charge is 0.325 e. The zero-order chi connectivity index (χ0) is 13.7. The maximum atomic E-state index is 11.7. The first-order valence-corrected chi connectivity index (χ1v) is 5.67. The van der Waals surface area contributed by atoms with E-state index in [4.69, 9.17) is 0 Å². The maximum absolute atomic E-state index is 11.7. The van der Waals surface area contributed by atoms with Crippen molar-refractivity contribution in [1.82, 2.24) is 15.1 Å². The van der Waals surface area contributed by atoms with Gasteiger partial charge in [-0.3, -0.25) is 9.59 Å². The van der Waals surface area contributed by atoms with Gasteiger partial charge in [-0.25, -0.2) is 4.68 Å². The summed E-state index contributed by atoms with van der Waals surface area (Å²) in [6.45, 7) is -0.173. The van der Waals surface area contributed by atoms with E-state index >= 15 is 0 Å². The van der Waals surface area contributed by atoms with Crippen LogP contribution in [0.5, 0.6) is 0 Å². The molecule has 6 heteroatoms. The van der Waals surface area contributed by atoms with Gasteiger partial charge in [-0.05, 0) is 18.2 Å². The van der Waals surface area contributed by atoms with Crippen LogP contribution in [-0.4, -0.2) is 35.3 Å². The molecule has 0 aliphatic rings. The first-order valence-electron chi connectivity index (χ1n) is 5.67. The van der Waals surface area contributed by atoms with Gasteiger partial charge < -0.3 is 10.1 Å². The molecule has 98 valence electrons. The first-order chi connectivity index (χ1) is 9.20. The van der Waals surface area contributed by atoms with Crippen LogP contribution in [0.25, 0.3) is 5.69 Å². The van der Waals surface area contributed by atoms with E-state index in [-0.39, 0.29) is 12.2 Å². The molecule has 2 rings (SSSR count). The Bertz CT molecular complexity index is 578. The highest BCUT2D eigenvalue weighted by Crippen LogP contribution is 2.06. The Morgan fingerprint density at radius 2 is 2.00 bits per heavy atom. The molecule has 0 bridgehead atoms. The molecule has 0 atom stereocenters. The Kier molecular flexibility index (Phi) is 3.92. The van der Waals surface area contributed by atoms with Crippen LogP contribution in [0.15, 0.2) is 42.6 Å². The summed E-state index contributed by atoms with van der Waals surface area (Å²) in [7, 11) is 1.26. The summed E-state index contributed by atoms with van der Waals surface area (Å²) in [5.41, 5.74) is 1.10. The molecular weight excluding hydrogens is 246 g/mol. The van der Waals surface area contributed by atoms with Crippen LogP contribution < -0.4 is 5.32 Å². The van der Waals surface area contributed by atoms with Crippen molar-refractivity contribution >= 4 is 11.9 Å². The van der Waals surface area contributed by atoms with Crippen LogP contribution in [0.2, 0.25) is 0 Å². The highest BCUT2D eigenvalue weighted by atomic mass is 16.5. The predicted octanol–water partition coefficient (Wildman–Crippen LogP) is 0.775. The van der Waals surface area contributed by atoms with Gasteiger partial charge in [0, 0.05) is 6.20 Å². The lowest BCUT2D eigenvalue weighted by molar-refractivity contribution is -0.139. The lowest BCUT2D eigenvalue weighted by Crippen LogP contribution is -2.30. The molecule has 19 heavy (non-hydrogen) atoms. The summed E-state index contributed by atoms with van der Waals surface area (Å²) in [5.74, 6) is -0.920. The van der Waals surface area contributed by atoms with Gasteiger partial charge in [0.2, 0.25) is 0 Å². The Balaban J connectivity index is 2.05. The number of amides is 1. The van der Waals surface area contributed by atoms with Crippen LogP contribution in [0, 0.1) is 0 Å². The van der Waals surface area contributed by atoms with Gasteiger partial charge in [-0.2, -0.15) is 5.10 Å². The average Bonchev–Trinajstić information content (AvgIpc) is 2.95. The molecule has 6 nitrogen and oxygen atoms in total. The highest BCUT2D eigenvalue weighted by molar-refractivity contribution is 5.94.